The van der Waals surface area contributed by atoms with Crippen LogP contribution in [0.1, 0.15) is 38.8 Å². The third kappa shape index (κ3) is 4.11. The van der Waals surface area contributed by atoms with Crippen LogP contribution in [0.2, 0.25) is 0 Å². The van der Waals surface area contributed by atoms with Crippen LogP contribution < -0.4 is 10.6 Å². The molecular weight excluding hydrogens is 356 g/mol. The molecule has 0 spiro atoms. The van der Waals surface area contributed by atoms with Crippen LogP contribution in [-0.2, 0) is 11.1 Å². The summed E-state index contributed by atoms with van der Waals surface area (Å²) in [6.07, 6.45) is 9.21. The number of benzene rings is 1. The Hall–Kier alpha value is -3.42. The molecule has 146 valence electrons. The van der Waals surface area contributed by atoms with Crippen LogP contribution in [0.3, 0.4) is 0 Å². The van der Waals surface area contributed by atoms with Crippen molar-refractivity contribution in [2.24, 2.45) is 0 Å². The van der Waals surface area contributed by atoms with Gasteiger partial charge in [0.05, 0.1) is 11.1 Å². The lowest BCUT2D eigenvalue weighted by Crippen LogP contribution is -2.44. The Morgan fingerprint density at radius 3 is 1.61 bits per heavy atom. The van der Waals surface area contributed by atoms with Gasteiger partial charge < -0.3 is 10.6 Å². The van der Waals surface area contributed by atoms with E-state index < -0.39 is 11.1 Å². The van der Waals surface area contributed by atoms with Gasteiger partial charge in [-0.2, -0.15) is 0 Å². The first kappa shape index (κ1) is 19.3. The maximum atomic E-state index is 12.4. The molecule has 8 heteroatoms. The van der Waals surface area contributed by atoms with Gasteiger partial charge in [-0.25, -0.2) is 19.6 Å². The summed E-state index contributed by atoms with van der Waals surface area (Å²) in [7, 11) is 0. The van der Waals surface area contributed by atoms with Gasteiger partial charge in [0.1, 0.15) is 12.7 Å². The van der Waals surface area contributed by atoms with Crippen molar-refractivity contribution in [3.8, 4) is 0 Å². The molecule has 0 saturated heterocycles. The Morgan fingerprint density at radius 2 is 1.25 bits per heavy atom. The minimum absolute atomic E-state index is 0.263. The van der Waals surface area contributed by atoms with Gasteiger partial charge in [-0.15, -0.1) is 0 Å². The highest BCUT2D eigenvalue weighted by Gasteiger charge is 2.28. The zero-order chi connectivity index (χ0) is 20.4. The smallest absolute Gasteiger partial charge is 0.327 e. The molecule has 0 bridgehead atoms. The van der Waals surface area contributed by atoms with E-state index in [9.17, 15) is 9.59 Å². The summed E-state index contributed by atoms with van der Waals surface area (Å²) in [4.78, 5) is 32.6. The molecule has 0 unspecified atom stereocenters. The Morgan fingerprint density at radius 1 is 0.821 bits per heavy atom. The van der Waals surface area contributed by atoms with Gasteiger partial charge in [-0.05, 0) is 38.8 Å². The van der Waals surface area contributed by atoms with Crippen molar-refractivity contribution < 1.29 is 9.59 Å². The molecule has 0 aliphatic rings. The zero-order valence-electron chi connectivity index (χ0n) is 16.4. The molecule has 28 heavy (non-hydrogen) atoms. The van der Waals surface area contributed by atoms with Crippen molar-refractivity contribution in [1.29, 1.82) is 0 Å². The first-order chi connectivity index (χ1) is 13.2. The predicted octanol–water partition coefficient (Wildman–Crippen LogP) is 3.07. The van der Waals surface area contributed by atoms with Crippen LogP contribution in [0.5, 0.6) is 0 Å². The molecule has 1 aromatic carbocycles. The van der Waals surface area contributed by atoms with Gasteiger partial charge in [0.15, 0.2) is 0 Å². The van der Waals surface area contributed by atoms with Crippen molar-refractivity contribution in [2.45, 2.75) is 38.8 Å². The number of hydrogen-bond acceptors (Lipinski definition) is 4. The summed E-state index contributed by atoms with van der Waals surface area (Å²) >= 11 is 0. The van der Waals surface area contributed by atoms with Crippen LogP contribution in [0.25, 0.3) is 0 Å². The number of imidazole rings is 2. The largest absolute Gasteiger partial charge is 0.328 e. The minimum Gasteiger partial charge on any atom is -0.328 e. The van der Waals surface area contributed by atoms with Crippen molar-refractivity contribution in [3.63, 3.8) is 0 Å². The van der Waals surface area contributed by atoms with Crippen LogP contribution in [0, 0.1) is 0 Å². The summed E-state index contributed by atoms with van der Waals surface area (Å²) in [5.41, 5.74) is 0.593. The lowest BCUT2D eigenvalue weighted by Gasteiger charge is -2.31. The molecule has 2 amide bonds. The second-order valence-corrected chi connectivity index (χ2v) is 7.63. The number of nitrogens with one attached hydrogen (secondary N) is 2. The van der Waals surface area contributed by atoms with E-state index in [0.29, 0.717) is 0 Å². The lowest BCUT2D eigenvalue weighted by atomic mass is 9.87. The van der Waals surface area contributed by atoms with Gasteiger partial charge in [0, 0.05) is 24.8 Å². The molecule has 2 heterocycles. The highest BCUT2D eigenvalue weighted by atomic mass is 16.2. The number of amides is 2. The van der Waals surface area contributed by atoms with Gasteiger partial charge in [0.25, 0.3) is 0 Å². The van der Waals surface area contributed by atoms with Crippen molar-refractivity contribution >= 4 is 12.1 Å². The Kier molecular flexibility index (Phi) is 5.04. The van der Waals surface area contributed by atoms with Crippen LogP contribution >= 0.6 is 0 Å². The Labute approximate surface area is 163 Å². The van der Waals surface area contributed by atoms with E-state index >= 15 is 0 Å². The van der Waals surface area contributed by atoms with Crippen LogP contribution in [0.15, 0.2) is 61.7 Å². The number of aromatic nitrogens is 4. The molecule has 3 rings (SSSR count). The molecule has 2 aromatic heterocycles. The molecule has 0 fully saturated rings. The Bertz CT molecular complexity index is 883. The molecular formula is C20H24N6O2. The molecule has 0 aliphatic heterocycles. The summed E-state index contributed by atoms with van der Waals surface area (Å²) < 4.78 is 2.78. The standard InChI is InChI=1S/C20H24N6O2/c1-19(2,23-17(27)25-10-8-21-13-25)15-6-5-7-16(12-15)20(3,4)24-18(28)26-11-9-22-14-26/h5-14H,1-4H3,(H,23,27)(H,24,28). The zero-order valence-corrected chi connectivity index (χ0v) is 16.4. The van der Waals surface area contributed by atoms with E-state index in [0.717, 1.165) is 11.1 Å². The fraction of sp³-hybridized carbons (Fsp3) is 0.300. The summed E-state index contributed by atoms with van der Waals surface area (Å²) in [6.45, 7) is 7.71. The van der Waals surface area contributed by atoms with E-state index in [2.05, 4.69) is 20.6 Å². The molecule has 0 saturated carbocycles. The van der Waals surface area contributed by atoms with Crippen molar-refractivity contribution in [2.75, 3.05) is 0 Å². The first-order valence-corrected chi connectivity index (χ1v) is 8.91. The second kappa shape index (κ2) is 7.30. The average Bonchev–Trinajstić information content (AvgIpc) is 3.35. The van der Waals surface area contributed by atoms with Gasteiger partial charge in [-0.1, -0.05) is 24.3 Å². The van der Waals surface area contributed by atoms with E-state index in [-0.39, 0.29) is 12.1 Å². The molecule has 0 aliphatic carbocycles. The number of hydrogen-bond donors (Lipinski definition) is 2. The molecule has 3 aromatic rings. The van der Waals surface area contributed by atoms with Crippen molar-refractivity contribution in [3.05, 3.63) is 72.8 Å². The fourth-order valence-electron chi connectivity index (χ4n) is 2.86. The fourth-order valence-corrected chi connectivity index (χ4v) is 2.86. The quantitative estimate of drug-likeness (QED) is 0.727. The minimum atomic E-state index is -0.623. The summed E-state index contributed by atoms with van der Waals surface area (Å²) in [6, 6.07) is 7.28. The van der Waals surface area contributed by atoms with Gasteiger partial charge in [-0.3, -0.25) is 9.13 Å². The predicted molar refractivity (Wildman–Crippen MR) is 105 cm³/mol. The van der Waals surface area contributed by atoms with E-state index in [1.807, 2.05) is 52.0 Å². The van der Waals surface area contributed by atoms with Crippen molar-refractivity contribution in [1.82, 2.24) is 29.7 Å². The summed E-state index contributed by atoms with van der Waals surface area (Å²) in [5, 5.41) is 6.00. The van der Waals surface area contributed by atoms with Crippen LogP contribution in [-0.4, -0.2) is 31.2 Å². The highest BCUT2D eigenvalue weighted by Crippen LogP contribution is 2.27. The Balaban J connectivity index is 1.80. The van der Waals surface area contributed by atoms with E-state index in [4.69, 9.17) is 0 Å². The second-order valence-electron chi connectivity index (χ2n) is 7.63. The maximum absolute atomic E-state index is 12.4. The number of nitrogens with zero attached hydrogens (tertiary/aromatic N) is 4. The lowest BCUT2D eigenvalue weighted by molar-refractivity contribution is 0.231. The third-order valence-corrected chi connectivity index (χ3v) is 4.62. The normalized spacial score (nSPS) is 11.9. The average molecular weight is 380 g/mol. The molecule has 0 radical (unpaired) electrons. The van der Waals surface area contributed by atoms with Gasteiger partial charge >= 0.3 is 12.1 Å². The SMILES string of the molecule is CC(C)(NC(=O)n1ccnc1)c1cccc(C(C)(C)NC(=O)n2ccnc2)c1. The number of carbonyl (C=O) groups excluding carboxylic acids is 2. The van der Waals surface area contributed by atoms with E-state index in [1.165, 1.54) is 21.8 Å². The van der Waals surface area contributed by atoms with Crippen LogP contribution in [0.4, 0.5) is 9.59 Å². The number of carbonyl (C=O) groups is 2. The van der Waals surface area contributed by atoms with Gasteiger partial charge in [0.2, 0.25) is 0 Å². The third-order valence-electron chi connectivity index (χ3n) is 4.62. The van der Waals surface area contributed by atoms with E-state index in [1.54, 1.807) is 24.8 Å². The molecule has 0 atom stereocenters. The molecule has 2 N–H and O–H groups in total. The summed E-state index contributed by atoms with van der Waals surface area (Å²) in [5.74, 6) is 0. The topological polar surface area (TPSA) is 93.8 Å². The monoisotopic (exact) mass is 380 g/mol. The highest BCUT2D eigenvalue weighted by molar-refractivity contribution is 5.78. The number of rotatable bonds is 4. The maximum Gasteiger partial charge on any atom is 0.327 e. The first-order valence-electron chi connectivity index (χ1n) is 8.91. The molecule has 8 nitrogen and oxygen atoms in total.